The highest BCUT2D eigenvalue weighted by Gasteiger charge is 2.17. The van der Waals surface area contributed by atoms with Crippen LogP contribution in [0.3, 0.4) is 0 Å². The van der Waals surface area contributed by atoms with Crippen molar-refractivity contribution in [1.29, 1.82) is 0 Å². The smallest absolute Gasteiger partial charge is 0.341 e. The minimum Gasteiger partial charge on any atom is -0.503 e. The highest BCUT2D eigenvalue weighted by molar-refractivity contribution is 9.10. The Morgan fingerprint density at radius 3 is 2.42 bits per heavy atom. The molecule has 0 saturated carbocycles. The highest BCUT2D eigenvalue weighted by Crippen LogP contribution is 2.23. The molecule has 168 valence electrons. The quantitative estimate of drug-likeness (QED) is 0.152. The van der Waals surface area contributed by atoms with Crippen LogP contribution in [0.5, 0.6) is 5.75 Å². The molecule has 0 saturated heterocycles. The largest absolute Gasteiger partial charge is 0.503 e. The standard InChI is InChI=1S/C27H23BrO5/c1-31-18-25(27(30)32-2)24-9-4-3-6-21(24)17-33-23-8-5-7-20(16-23)26(29)15-12-19-10-13-22(28)14-11-19/h3-16,18H,17H2,1-2H3/b15-12+,25-18+. The molecule has 0 heterocycles. The number of ether oxygens (including phenoxy) is 3. The molecule has 0 aliphatic carbocycles. The van der Waals surface area contributed by atoms with Gasteiger partial charge >= 0.3 is 5.97 Å². The number of carbonyl (C=O) groups is 2. The van der Waals surface area contributed by atoms with Gasteiger partial charge in [0.2, 0.25) is 0 Å². The lowest BCUT2D eigenvalue weighted by molar-refractivity contribution is -0.133. The molecule has 0 fully saturated rings. The molecule has 0 bridgehead atoms. The summed E-state index contributed by atoms with van der Waals surface area (Å²) in [6, 6.07) is 22.0. The third-order valence-corrected chi connectivity index (χ3v) is 5.29. The van der Waals surface area contributed by atoms with Crippen molar-refractivity contribution in [2.24, 2.45) is 0 Å². The van der Waals surface area contributed by atoms with Crippen molar-refractivity contribution in [3.63, 3.8) is 0 Å². The van der Waals surface area contributed by atoms with Crippen LogP contribution < -0.4 is 4.74 Å². The maximum atomic E-state index is 12.6. The van der Waals surface area contributed by atoms with Gasteiger partial charge in [0, 0.05) is 10.0 Å². The Morgan fingerprint density at radius 1 is 0.939 bits per heavy atom. The van der Waals surface area contributed by atoms with Gasteiger partial charge in [-0.1, -0.05) is 70.5 Å². The van der Waals surface area contributed by atoms with Crippen molar-refractivity contribution in [3.8, 4) is 5.75 Å². The number of rotatable bonds is 9. The molecule has 0 aliphatic heterocycles. The van der Waals surface area contributed by atoms with Crippen LogP contribution in [0.25, 0.3) is 11.6 Å². The molecule has 0 spiro atoms. The summed E-state index contributed by atoms with van der Waals surface area (Å²) in [5.41, 5.74) is 3.17. The minimum atomic E-state index is -0.505. The molecule has 3 rings (SSSR count). The fourth-order valence-electron chi connectivity index (χ4n) is 3.10. The Bertz CT molecular complexity index is 1180. The first-order valence-corrected chi connectivity index (χ1v) is 10.9. The van der Waals surface area contributed by atoms with Crippen LogP contribution in [0.1, 0.15) is 27.0 Å². The molecule has 33 heavy (non-hydrogen) atoms. The lowest BCUT2D eigenvalue weighted by Crippen LogP contribution is -2.08. The number of hydrogen-bond acceptors (Lipinski definition) is 5. The Kier molecular flexibility index (Phi) is 8.61. The first-order chi connectivity index (χ1) is 16.0. The van der Waals surface area contributed by atoms with Crippen molar-refractivity contribution >= 4 is 39.3 Å². The average molecular weight is 507 g/mol. The molecule has 0 atom stereocenters. The summed E-state index contributed by atoms with van der Waals surface area (Å²) in [4.78, 5) is 24.8. The van der Waals surface area contributed by atoms with Crippen LogP contribution in [-0.4, -0.2) is 26.0 Å². The zero-order valence-electron chi connectivity index (χ0n) is 18.3. The fraction of sp³-hybridized carbons (Fsp3) is 0.111. The van der Waals surface area contributed by atoms with Gasteiger partial charge < -0.3 is 14.2 Å². The van der Waals surface area contributed by atoms with E-state index in [0.717, 1.165) is 15.6 Å². The van der Waals surface area contributed by atoms with E-state index in [9.17, 15) is 9.59 Å². The molecular formula is C27H23BrO5. The number of allylic oxidation sites excluding steroid dienone is 1. The molecule has 0 aliphatic rings. The summed E-state index contributed by atoms with van der Waals surface area (Å²) in [7, 11) is 2.79. The number of hydrogen-bond donors (Lipinski definition) is 0. The van der Waals surface area contributed by atoms with Gasteiger partial charge in [0.25, 0.3) is 0 Å². The van der Waals surface area contributed by atoms with Gasteiger partial charge in [0.15, 0.2) is 5.78 Å². The van der Waals surface area contributed by atoms with Gasteiger partial charge in [-0.15, -0.1) is 0 Å². The van der Waals surface area contributed by atoms with Crippen LogP contribution in [-0.2, 0) is 20.9 Å². The van der Waals surface area contributed by atoms with E-state index in [1.807, 2.05) is 42.5 Å². The molecule has 5 nitrogen and oxygen atoms in total. The topological polar surface area (TPSA) is 61.8 Å². The van der Waals surface area contributed by atoms with Crippen molar-refractivity contribution in [2.75, 3.05) is 14.2 Å². The Labute approximate surface area is 201 Å². The summed E-state index contributed by atoms with van der Waals surface area (Å²) in [5, 5.41) is 0. The highest BCUT2D eigenvalue weighted by atomic mass is 79.9. The SMILES string of the molecule is CO/C=C(/C(=O)OC)c1ccccc1COc1cccc(C(=O)/C=C/c2ccc(Br)cc2)c1. The fourth-order valence-corrected chi connectivity index (χ4v) is 3.36. The first kappa shape index (κ1) is 24.0. The lowest BCUT2D eigenvalue weighted by Gasteiger charge is -2.13. The molecule has 6 heteroatoms. The van der Waals surface area contributed by atoms with E-state index in [1.54, 1.807) is 36.4 Å². The van der Waals surface area contributed by atoms with Crippen LogP contribution >= 0.6 is 15.9 Å². The van der Waals surface area contributed by atoms with Gasteiger partial charge in [-0.2, -0.15) is 0 Å². The summed E-state index contributed by atoms with van der Waals surface area (Å²) < 4.78 is 16.8. The number of carbonyl (C=O) groups excluding carboxylic acids is 2. The number of benzene rings is 3. The maximum Gasteiger partial charge on any atom is 0.341 e. The molecule has 0 aromatic heterocycles. The normalized spacial score (nSPS) is 11.3. The number of methoxy groups -OCH3 is 2. The Balaban J connectivity index is 1.74. The zero-order chi connectivity index (χ0) is 23.6. The van der Waals surface area contributed by atoms with E-state index >= 15 is 0 Å². The van der Waals surface area contributed by atoms with E-state index < -0.39 is 5.97 Å². The second-order valence-electron chi connectivity index (χ2n) is 6.98. The van der Waals surface area contributed by atoms with Gasteiger partial charge in [-0.25, -0.2) is 4.79 Å². The monoisotopic (exact) mass is 506 g/mol. The predicted molar refractivity (Wildman–Crippen MR) is 132 cm³/mol. The van der Waals surface area contributed by atoms with Crippen LogP contribution in [0.2, 0.25) is 0 Å². The average Bonchev–Trinajstić information content (AvgIpc) is 2.85. The number of halogens is 1. The van der Waals surface area contributed by atoms with E-state index in [1.165, 1.54) is 26.6 Å². The first-order valence-electron chi connectivity index (χ1n) is 10.1. The minimum absolute atomic E-state index is 0.125. The Hall–Kier alpha value is -3.64. The van der Waals surface area contributed by atoms with Gasteiger partial charge in [-0.05, 0) is 47.0 Å². The van der Waals surface area contributed by atoms with Gasteiger partial charge in [0.05, 0.1) is 20.5 Å². The van der Waals surface area contributed by atoms with E-state index in [2.05, 4.69) is 15.9 Å². The molecule has 0 radical (unpaired) electrons. The van der Waals surface area contributed by atoms with Crippen LogP contribution in [0.15, 0.2) is 89.6 Å². The second kappa shape index (κ2) is 11.8. The van der Waals surface area contributed by atoms with E-state index in [0.29, 0.717) is 22.4 Å². The van der Waals surface area contributed by atoms with Crippen molar-refractivity contribution in [3.05, 3.63) is 112 Å². The maximum absolute atomic E-state index is 12.6. The second-order valence-corrected chi connectivity index (χ2v) is 7.90. The zero-order valence-corrected chi connectivity index (χ0v) is 19.9. The molecule has 3 aromatic rings. The number of esters is 1. The van der Waals surface area contributed by atoms with E-state index in [4.69, 9.17) is 14.2 Å². The molecule has 3 aromatic carbocycles. The number of ketones is 1. The third-order valence-electron chi connectivity index (χ3n) is 4.76. The van der Waals surface area contributed by atoms with Gasteiger partial charge in [-0.3, -0.25) is 4.79 Å². The van der Waals surface area contributed by atoms with E-state index in [-0.39, 0.29) is 12.4 Å². The summed E-state index contributed by atoms with van der Waals surface area (Å²) in [6.07, 6.45) is 4.66. The molecule has 0 unspecified atom stereocenters. The van der Waals surface area contributed by atoms with Gasteiger partial charge in [0.1, 0.15) is 17.9 Å². The summed E-state index contributed by atoms with van der Waals surface area (Å²) in [6.45, 7) is 0.195. The van der Waals surface area contributed by atoms with Crippen molar-refractivity contribution < 1.29 is 23.8 Å². The molecular weight excluding hydrogens is 484 g/mol. The van der Waals surface area contributed by atoms with Crippen LogP contribution in [0, 0.1) is 0 Å². The van der Waals surface area contributed by atoms with Crippen molar-refractivity contribution in [2.45, 2.75) is 6.61 Å². The van der Waals surface area contributed by atoms with Crippen molar-refractivity contribution in [1.82, 2.24) is 0 Å². The molecule has 0 amide bonds. The summed E-state index contributed by atoms with van der Waals surface area (Å²) in [5.74, 6) is -0.0859. The van der Waals surface area contributed by atoms with Crippen LogP contribution in [0.4, 0.5) is 0 Å². The third kappa shape index (κ3) is 6.67. The Morgan fingerprint density at radius 2 is 1.70 bits per heavy atom. The molecule has 0 N–H and O–H groups in total. The lowest BCUT2D eigenvalue weighted by atomic mass is 10.0. The predicted octanol–water partition coefficient (Wildman–Crippen LogP) is 6.08. The summed E-state index contributed by atoms with van der Waals surface area (Å²) >= 11 is 3.40.